The van der Waals surface area contributed by atoms with Crippen molar-refractivity contribution in [3.05, 3.63) is 78.2 Å². The van der Waals surface area contributed by atoms with E-state index in [1.54, 1.807) is 12.4 Å². The number of aromatic nitrogens is 3. The standard InChI is InChI=1S/C25H25N5O2/c1-17-4-6-18(7-5-17)23-24(30-13-12-26-16-22(30)29-23)28-20-10-8-19(9-11-20)25(31)27-15-21-3-2-14-32-21/h4-13,16,21,28H,2-3,14-15H2,1H3,(H,27,31)/t21-/m0/s1. The summed E-state index contributed by atoms with van der Waals surface area (Å²) in [5, 5.41) is 6.43. The summed E-state index contributed by atoms with van der Waals surface area (Å²) in [7, 11) is 0. The van der Waals surface area contributed by atoms with Gasteiger partial charge < -0.3 is 15.4 Å². The van der Waals surface area contributed by atoms with E-state index in [4.69, 9.17) is 9.72 Å². The molecule has 2 N–H and O–H groups in total. The summed E-state index contributed by atoms with van der Waals surface area (Å²) >= 11 is 0. The molecule has 0 saturated carbocycles. The van der Waals surface area contributed by atoms with Crippen LogP contribution in [0, 0.1) is 6.92 Å². The first-order valence-electron chi connectivity index (χ1n) is 10.8. The second-order valence-electron chi connectivity index (χ2n) is 8.03. The van der Waals surface area contributed by atoms with Gasteiger partial charge in [-0.25, -0.2) is 4.98 Å². The molecule has 0 radical (unpaired) electrons. The van der Waals surface area contributed by atoms with E-state index >= 15 is 0 Å². The second-order valence-corrected chi connectivity index (χ2v) is 8.03. The maximum absolute atomic E-state index is 12.5. The molecule has 0 aliphatic carbocycles. The average molecular weight is 428 g/mol. The minimum Gasteiger partial charge on any atom is -0.376 e. The summed E-state index contributed by atoms with van der Waals surface area (Å²) in [6.07, 6.45) is 7.55. The van der Waals surface area contributed by atoms with Crippen LogP contribution in [0.4, 0.5) is 11.5 Å². The van der Waals surface area contributed by atoms with Crippen molar-refractivity contribution in [2.24, 2.45) is 0 Å². The molecule has 3 heterocycles. The lowest BCUT2D eigenvalue weighted by atomic mass is 10.1. The Balaban J connectivity index is 1.37. The van der Waals surface area contributed by atoms with E-state index in [2.05, 4.69) is 46.8 Å². The zero-order valence-corrected chi connectivity index (χ0v) is 17.9. The number of anilines is 2. The van der Waals surface area contributed by atoms with Crippen LogP contribution in [0.3, 0.4) is 0 Å². The van der Waals surface area contributed by atoms with Gasteiger partial charge >= 0.3 is 0 Å². The Morgan fingerprint density at radius 3 is 2.72 bits per heavy atom. The van der Waals surface area contributed by atoms with Crippen LogP contribution < -0.4 is 10.6 Å². The van der Waals surface area contributed by atoms with E-state index in [1.165, 1.54) is 5.56 Å². The lowest BCUT2D eigenvalue weighted by Crippen LogP contribution is -2.31. The van der Waals surface area contributed by atoms with Crippen molar-refractivity contribution in [2.45, 2.75) is 25.9 Å². The Hall–Kier alpha value is -3.71. The zero-order valence-electron chi connectivity index (χ0n) is 17.9. The van der Waals surface area contributed by atoms with Gasteiger partial charge in [-0.3, -0.25) is 14.2 Å². The molecule has 7 nitrogen and oxygen atoms in total. The van der Waals surface area contributed by atoms with Crippen LogP contribution in [-0.4, -0.2) is 39.5 Å². The molecule has 5 rings (SSSR count). The Labute approximate surface area is 186 Å². The van der Waals surface area contributed by atoms with Crippen LogP contribution >= 0.6 is 0 Å². The van der Waals surface area contributed by atoms with E-state index in [0.29, 0.717) is 12.1 Å². The number of carbonyl (C=O) groups excluding carboxylic acids is 1. The maximum Gasteiger partial charge on any atom is 0.251 e. The number of hydrogen-bond donors (Lipinski definition) is 2. The quantitative estimate of drug-likeness (QED) is 0.478. The highest BCUT2D eigenvalue weighted by Crippen LogP contribution is 2.31. The number of amides is 1. The van der Waals surface area contributed by atoms with Gasteiger partial charge in [0.1, 0.15) is 11.5 Å². The number of benzene rings is 2. The van der Waals surface area contributed by atoms with Crippen LogP contribution in [0.15, 0.2) is 67.1 Å². The number of aryl methyl sites for hydroxylation is 1. The summed E-state index contributed by atoms with van der Waals surface area (Å²) in [6, 6.07) is 15.7. The molecular formula is C25H25N5O2. The second kappa shape index (κ2) is 8.80. The first kappa shape index (κ1) is 20.2. The van der Waals surface area contributed by atoms with Gasteiger partial charge in [-0.05, 0) is 44.0 Å². The fraction of sp³-hybridized carbons (Fsp3) is 0.240. The third-order valence-electron chi connectivity index (χ3n) is 5.68. The molecule has 2 aromatic carbocycles. The Morgan fingerprint density at radius 1 is 1.16 bits per heavy atom. The summed E-state index contributed by atoms with van der Waals surface area (Å²) in [5.41, 5.74) is 5.31. The van der Waals surface area contributed by atoms with Crippen LogP contribution in [0.5, 0.6) is 0 Å². The summed E-state index contributed by atoms with van der Waals surface area (Å²) in [4.78, 5) is 21.4. The van der Waals surface area contributed by atoms with Gasteiger partial charge in [-0.1, -0.05) is 29.8 Å². The Morgan fingerprint density at radius 2 is 1.97 bits per heavy atom. The third-order valence-corrected chi connectivity index (χ3v) is 5.68. The minimum absolute atomic E-state index is 0.0896. The predicted octanol–water partition coefficient (Wildman–Crippen LogP) is 4.36. The SMILES string of the molecule is Cc1ccc(-c2nc3cnccn3c2Nc2ccc(C(=O)NC[C@@H]3CCCO3)cc2)cc1. The van der Waals surface area contributed by atoms with Gasteiger partial charge in [0.2, 0.25) is 0 Å². The molecule has 1 aliphatic rings. The first-order chi connectivity index (χ1) is 15.7. The molecule has 4 aromatic rings. The number of fused-ring (bicyclic) bond motifs is 1. The van der Waals surface area contributed by atoms with E-state index in [9.17, 15) is 4.79 Å². The molecule has 1 atom stereocenters. The molecule has 32 heavy (non-hydrogen) atoms. The summed E-state index contributed by atoms with van der Waals surface area (Å²) in [5.74, 6) is 0.759. The number of ether oxygens (including phenoxy) is 1. The van der Waals surface area contributed by atoms with Crippen molar-refractivity contribution in [3.63, 3.8) is 0 Å². The molecule has 1 aliphatic heterocycles. The van der Waals surface area contributed by atoms with Gasteiger partial charge in [0.05, 0.1) is 12.3 Å². The van der Waals surface area contributed by atoms with E-state index in [1.807, 2.05) is 34.9 Å². The number of hydrogen-bond acceptors (Lipinski definition) is 5. The van der Waals surface area contributed by atoms with Gasteiger partial charge in [0.25, 0.3) is 5.91 Å². The number of carbonyl (C=O) groups is 1. The van der Waals surface area contributed by atoms with E-state index < -0.39 is 0 Å². The molecule has 7 heteroatoms. The smallest absolute Gasteiger partial charge is 0.251 e. The van der Waals surface area contributed by atoms with Crippen molar-refractivity contribution < 1.29 is 9.53 Å². The van der Waals surface area contributed by atoms with Crippen LogP contribution in [0.25, 0.3) is 16.9 Å². The highest BCUT2D eigenvalue weighted by atomic mass is 16.5. The van der Waals surface area contributed by atoms with Gasteiger partial charge in [0, 0.05) is 42.4 Å². The average Bonchev–Trinajstić information content (AvgIpc) is 3.47. The topological polar surface area (TPSA) is 80.5 Å². The lowest BCUT2D eigenvalue weighted by molar-refractivity contribution is 0.0858. The third kappa shape index (κ3) is 4.20. The minimum atomic E-state index is -0.0896. The summed E-state index contributed by atoms with van der Waals surface area (Å²) < 4.78 is 7.55. The normalized spacial score (nSPS) is 15.7. The predicted molar refractivity (Wildman–Crippen MR) is 124 cm³/mol. The Bertz CT molecular complexity index is 1230. The number of imidazole rings is 1. The molecule has 162 valence electrons. The first-order valence-corrected chi connectivity index (χ1v) is 10.8. The summed E-state index contributed by atoms with van der Waals surface area (Å²) in [6.45, 7) is 3.40. The molecule has 1 saturated heterocycles. The molecule has 0 bridgehead atoms. The number of nitrogens with one attached hydrogen (secondary N) is 2. The number of rotatable bonds is 6. The van der Waals surface area contributed by atoms with Crippen LogP contribution in [0.1, 0.15) is 28.8 Å². The van der Waals surface area contributed by atoms with Crippen molar-refractivity contribution >= 4 is 23.1 Å². The van der Waals surface area contributed by atoms with Crippen LogP contribution in [-0.2, 0) is 4.74 Å². The van der Waals surface area contributed by atoms with Crippen molar-refractivity contribution in [2.75, 3.05) is 18.5 Å². The fourth-order valence-corrected chi connectivity index (χ4v) is 3.89. The van der Waals surface area contributed by atoms with E-state index in [0.717, 1.165) is 47.9 Å². The molecule has 1 fully saturated rings. The molecule has 1 amide bonds. The molecule has 2 aromatic heterocycles. The van der Waals surface area contributed by atoms with Gasteiger partial charge in [-0.15, -0.1) is 0 Å². The fourth-order valence-electron chi connectivity index (χ4n) is 3.89. The van der Waals surface area contributed by atoms with Crippen molar-refractivity contribution in [1.82, 2.24) is 19.7 Å². The highest BCUT2D eigenvalue weighted by Gasteiger charge is 2.17. The van der Waals surface area contributed by atoms with Gasteiger partial charge in [0.15, 0.2) is 5.65 Å². The Kier molecular flexibility index (Phi) is 5.56. The molecular weight excluding hydrogens is 402 g/mol. The van der Waals surface area contributed by atoms with Crippen LogP contribution in [0.2, 0.25) is 0 Å². The van der Waals surface area contributed by atoms with Gasteiger partial charge in [-0.2, -0.15) is 0 Å². The number of nitrogens with zero attached hydrogens (tertiary/aromatic N) is 3. The monoisotopic (exact) mass is 427 g/mol. The lowest BCUT2D eigenvalue weighted by Gasteiger charge is -2.12. The van der Waals surface area contributed by atoms with Crippen molar-refractivity contribution in [1.29, 1.82) is 0 Å². The maximum atomic E-state index is 12.5. The highest BCUT2D eigenvalue weighted by molar-refractivity contribution is 5.94. The van der Waals surface area contributed by atoms with Crippen molar-refractivity contribution in [3.8, 4) is 11.3 Å². The van der Waals surface area contributed by atoms with E-state index in [-0.39, 0.29) is 12.0 Å². The molecule has 0 spiro atoms. The largest absolute Gasteiger partial charge is 0.376 e. The molecule has 0 unspecified atom stereocenters. The zero-order chi connectivity index (χ0) is 21.9.